The summed E-state index contributed by atoms with van der Waals surface area (Å²) in [5.74, 6) is -2.09. The molecule has 0 aliphatic carbocycles. The van der Waals surface area contributed by atoms with Gasteiger partial charge in [0.2, 0.25) is 0 Å². The van der Waals surface area contributed by atoms with Crippen LogP contribution in [0.5, 0.6) is 0 Å². The summed E-state index contributed by atoms with van der Waals surface area (Å²) < 4.78 is 4.46. The Hall–Kier alpha value is -1.88. The summed E-state index contributed by atoms with van der Waals surface area (Å²) in [6, 6.07) is 5.86. The van der Waals surface area contributed by atoms with Crippen LogP contribution in [0.2, 0.25) is 0 Å². The molecule has 5 heteroatoms. The number of carboxylic acid groups (broad SMARTS) is 1. The molecule has 1 atom stereocenters. The SMILES string of the molecule is COC(=O)c1ccccc1C(O)C(=O)O. The van der Waals surface area contributed by atoms with Crippen molar-refractivity contribution in [2.45, 2.75) is 6.10 Å². The number of aliphatic hydroxyl groups is 1. The second-order valence-corrected chi connectivity index (χ2v) is 2.82. The van der Waals surface area contributed by atoms with E-state index in [2.05, 4.69) is 4.74 Å². The highest BCUT2D eigenvalue weighted by Crippen LogP contribution is 2.18. The van der Waals surface area contributed by atoms with Gasteiger partial charge in [-0.25, -0.2) is 9.59 Å². The molecule has 0 saturated heterocycles. The molecule has 0 fully saturated rings. The van der Waals surface area contributed by atoms with Crippen LogP contribution in [0.1, 0.15) is 22.0 Å². The number of carboxylic acids is 1. The maximum Gasteiger partial charge on any atom is 0.338 e. The third-order valence-corrected chi connectivity index (χ3v) is 1.89. The van der Waals surface area contributed by atoms with E-state index in [0.717, 1.165) is 0 Å². The average molecular weight is 210 g/mol. The van der Waals surface area contributed by atoms with Crippen molar-refractivity contribution in [2.75, 3.05) is 7.11 Å². The predicted octanol–water partition coefficient (Wildman–Crippen LogP) is 0.591. The van der Waals surface area contributed by atoms with Gasteiger partial charge in [-0.05, 0) is 6.07 Å². The van der Waals surface area contributed by atoms with Gasteiger partial charge in [0.15, 0.2) is 6.10 Å². The number of aliphatic hydroxyl groups excluding tert-OH is 1. The Labute approximate surface area is 85.9 Å². The Morgan fingerprint density at radius 1 is 1.33 bits per heavy atom. The van der Waals surface area contributed by atoms with Crippen LogP contribution >= 0.6 is 0 Å². The van der Waals surface area contributed by atoms with Crippen molar-refractivity contribution < 1.29 is 24.5 Å². The fourth-order valence-corrected chi connectivity index (χ4v) is 1.16. The molecule has 0 radical (unpaired) electrons. The van der Waals surface area contributed by atoms with E-state index >= 15 is 0 Å². The van der Waals surface area contributed by atoms with E-state index in [1.807, 2.05) is 0 Å². The number of aliphatic carboxylic acids is 1. The molecule has 80 valence electrons. The molecule has 15 heavy (non-hydrogen) atoms. The number of benzene rings is 1. The van der Waals surface area contributed by atoms with E-state index < -0.39 is 18.0 Å². The normalized spacial score (nSPS) is 11.9. The van der Waals surface area contributed by atoms with Crippen molar-refractivity contribution in [1.82, 2.24) is 0 Å². The Balaban J connectivity index is 3.17. The molecule has 0 spiro atoms. The number of esters is 1. The minimum absolute atomic E-state index is 0.0249. The van der Waals surface area contributed by atoms with Gasteiger partial charge < -0.3 is 14.9 Å². The van der Waals surface area contributed by atoms with E-state index in [-0.39, 0.29) is 11.1 Å². The molecule has 5 nitrogen and oxygen atoms in total. The molecule has 0 aliphatic rings. The molecule has 0 aliphatic heterocycles. The van der Waals surface area contributed by atoms with Crippen molar-refractivity contribution in [2.24, 2.45) is 0 Å². The summed E-state index contributed by atoms with van der Waals surface area (Å²) >= 11 is 0. The zero-order valence-corrected chi connectivity index (χ0v) is 8.01. The highest BCUT2D eigenvalue weighted by molar-refractivity contribution is 5.92. The van der Waals surface area contributed by atoms with Crippen LogP contribution in [-0.2, 0) is 9.53 Å². The van der Waals surface area contributed by atoms with Gasteiger partial charge in [-0.2, -0.15) is 0 Å². The first-order valence-electron chi connectivity index (χ1n) is 4.16. The fourth-order valence-electron chi connectivity index (χ4n) is 1.16. The van der Waals surface area contributed by atoms with Crippen LogP contribution in [0.4, 0.5) is 0 Å². The van der Waals surface area contributed by atoms with Gasteiger partial charge in [0.25, 0.3) is 0 Å². The number of rotatable bonds is 3. The van der Waals surface area contributed by atoms with Crippen molar-refractivity contribution >= 4 is 11.9 Å². The van der Waals surface area contributed by atoms with Gasteiger partial charge in [-0.3, -0.25) is 0 Å². The van der Waals surface area contributed by atoms with Crippen LogP contribution in [0.15, 0.2) is 24.3 Å². The Morgan fingerprint density at radius 2 is 1.93 bits per heavy atom. The number of hydrogen-bond acceptors (Lipinski definition) is 4. The second kappa shape index (κ2) is 4.56. The monoisotopic (exact) mass is 210 g/mol. The van der Waals surface area contributed by atoms with Crippen molar-refractivity contribution in [1.29, 1.82) is 0 Å². The summed E-state index contributed by atoms with van der Waals surface area (Å²) in [5, 5.41) is 17.9. The molecule has 1 aromatic rings. The minimum atomic E-state index is -1.72. The molecule has 1 unspecified atom stereocenters. The van der Waals surface area contributed by atoms with Crippen LogP contribution in [0.25, 0.3) is 0 Å². The maximum absolute atomic E-state index is 11.2. The topological polar surface area (TPSA) is 83.8 Å². The number of ether oxygens (including phenoxy) is 1. The molecular formula is C10H10O5. The van der Waals surface area contributed by atoms with Gasteiger partial charge in [0, 0.05) is 5.56 Å². The highest BCUT2D eigenvalue weighted by Gasteiger charge is 2.22. The van der Waals surface area contributed by atoms with Crippen LogP contribution in [0.3, 0.4) is 0 Å². The highest BCUT2D eigenvalue weighted by atomic mass is 16.5. The molecular weight excluding hydrogens is 200 g/mol. The number of carbonyl (C=O) groups excluding carboxylic acids is 1. The third kappa shape index (κ3) is 2.32. The van der Waals surface area contributed by atoms with E-state index in [1.165, 1.54) is 25.3 Å². The van der Waals surface area contributed by atoms with E-state index in [1.54, 1.807) is 6.07 Å². The lowest BCUT2D eigenvalue weighted by Gasteiger charge is -2.09. The minimum Gasteiger partial charge on any atom is -0.479 e. The van der Waals surface area contributed by atoms with Crippen LogP contribution in [-0.4, -0.2) is 29.3 Å². The predicted molar refractivity (Wildman–Crippen MR) is 50.4 cm³/mol. The second-order valence-electron chi connectivity index (χ2n) is 2.82. The third-order valence-electron chi connectivity index (χ3n) is 1.89. The molecule has 0 heterocycles. The van der Waals surface area contributed by atoms with Gasteiger partial charge in [-0.1, -0.05) is 18.2 Å². The maximum atomic E-state index is 11.2. The standard InChI is InChI=1S/C10H10O5/c1-15-10(14)7-5-3-2-4-6(7)8(11)9(12)13/h2-5,8,11H,1H3,(H,12,13). The van der Waals surface area contributed by atoms with Gasteiger partial charge >= 0.3 is 11.9 Å². The molecule has 0 saturated carbocycles. The van der Waals surface area contributed by atoms with Gasteiger partial charge in [0.05, 0.1) is 12.7 Å². The Kier molecular flexibility index (Phi) is 3.41. The summed E-state index contributed by atoms with van der Waals surface area (Å²) in [7, 11) is 1.19. The van der Waals surface area contributed by atoms with Crippen molar-refractivity contribution in [3.63, 3.8) is 0 Å². The van der Waals surface area contributed by atoms with E-state index in [0.29, 0.717) is 0 Å². The Morgan fingerprint density at radius 3 is 2.47 bits per heavy atom. The fraction of sp³-hybridized carbons (Fsp3) is 0.200. The largest absolute Gasteiger partial charge is 0.479 e. The van der Waals surface area contributed by atoms with Gasteiger partial charge in [-0.15, -0.1) is 0 Å². The van der Waals surface area contributed by atoms with E-state index in [9.17, 15) is 14.7 Å². The summed E-state index contributed by atoms with van der Waals surface area (Å²) in [4.78, 5) is 21.8. The van der Waals surface area contributed by atoms with Crippen LogP contribution in [0, 0.1) is 0 Å². The van der Waals surface area contributed by atoms with Gasteiger partial charge in [0.1, 0.15) is 0 Å². The van der Waals surface area contributed by atoms with E-state index in [4.69, 9.17) is 5.11 Å². The Bertz CT molecular complexity index is 385. The molecule has 0 aromatic heterocycles. The number of carbonyl (C=O) groups is 2. The zero-order valence-electron chi connectivity index (χ0n) is 8.01. The van der Waals surface area contributed by atoms with Crippen LogP contribution < -0.4 is 0 Å². The molecule has 0 amide bonds. The summed E-state index contributed by atoms with van der Waals surface area (Å²) in [5.41, 5.74) is 0.0757. The number of methoxy groups -OCH3 is 1. The average Bonchev–Trinajstić information content (AvgIpc) is 2.27. The molecule has 1 rings (SSSR count). The zero-order chi connectivity index (χ0) is 11.4. The lowest BCUT2D eigenvalue weighted by molar-refractivity contribution is -0.146. The first kappa shape index (κ1) is 11.2. The lowest BCUT2D eigenvalue weighted by atomic mass is 10.0. The summed E-state index contributed by atoms with van der Waals surface area (Å²) in [6.07, 6.45) is -1.72. The first-order chi connectivity index (χ1) is 7.07. The molecule has 1 aromatic carbocycles. The first-order valence-corrected chi connectivity index (χ1v) is 4.16. The quantitative estimate of drug-likeness (QED) is 0.713. The molecule has 0 bridgehead atoms. The molecule has 2 N–H and O–H groups in total. The van der Waals surface area contributed by atoms with Crippen molar-refractivity contribution in [3.05, 3.63) is 35.4 Å². The lowest BCUT2D eigenvalue weighted by Crippen LogP contribution is -2.15. The van der Waals surface area contributed by atoms with Crippen molar-refractivity contribution in [3.8, 4) is 0 Å². The number of hydrogen-bond donors (Lipinski definition) is 2. The smallest absolute Gasteiger partial charge is 0.338 e. The summed E-state index contributed by atoms with van der Waals surface area (Å²) in [6.45, 7) is 0.